The summed E-state index contributed by atoms with van der Waals surface area (Å²) < 4.78 is 12.6. The Balaban J connectivity index is 1.33. The van der Waals surface area contributed by atoms with Crippen LogP contribution in [0.3, 0.4) is 0 Å². The molecular formula is C41H63BClN9O7. The smallest absolute Gasteiger partial charge is 0.403 e. The van der Waals surface area contributed by atoms with Crippen molar-refractivity contribution in [2.45, 2.75) is 116 Å². The average Bonchev–Trinajstić information content (AvgIpc) is 3.55. The molecule has 4 fully saturated rings. The van der Waals surface area contributed by atoms with Crippen molar-refractivity contribution in [3.05, 3.63) is 65.2 Å². The van der Waals surface area contributed by atoms with Crippen LogP contribution in [0.5, 0.6) is 0 Å². The molecule has 1 heterocycles. The predicted octanol–water partition coefficient (Wildman–Crippen LogP) is 1.12. The van der Waals surface area contributed by atoms with E-state index < -0.39 is 72.6 Å². The number of nitrogens with two attached hydrogens (primary N) is 4. The molecule has 4 aliphatic rings. The Bertz CT molecular complexity index is 1780. The first-order chi connectivity index (χ1) is 27.7. The fourth-order valence-electron chi connectivity index (χ4n) is 8.30. The summed E-state index contributed by atoms with van der Waals surface area (Å²) in [6.07, 6.45) is 5.39. The second-order valence-electron chi connectivity index (χ2n) is 17.0. The molecule has 2 bridgehead atoms. The summed E-state index contributed by atoms with van der Waals surface area (Å²) >= 11 is 6.00. The van der Waals surface area contributed by atoms with Gasteiger partial charge in [-0.3, -0.25) is 24.0 Å². The van der Waals surface area contributed by atoms with Crippen LogP contribution in [-0.4, -0.2) is 91.8 Å². The fraction of sp³-hybridized carbons (Fsp3) is 0.585. The van der Waals surface area contributed by atoms with Crippen molar-refractivity contribution in [1.82, 2.24) is 26.6 Å². The molecule has 1 aromatic rings. The highest BCUT2D eigenvalue weighted by Crippen LogP contribution is 2.65. The van der Waals surface area contributed by atoms with Crippen LogP contribution in [0.2, 0.25) is 5.02 Å². The molecule has 0 aromatic heterocycles. The molecule has 1 saturated heterocycles. The Morgan fingerprint density at radius 2 is 1.44 bits per heavy atom. The van der Waals surface area contributed by atoms with Crippen molar-refractivity contribution in [3.8, 4) is 0 Å². The van der Waals surface area contributed by atoms with Crippen LogP contribution in [0, 0.1) is 23.2 Å². The highest BCUT2D eigenvalue weighted by molar-refractivity contribution is 6.47. The van der Waals surface area contributed by atoms with Crippen molar-refractivity contribution in [2.75, 3.05) is 13.1 Å². The SMILES string of the molecule is C=C/C(=C\C=C(/C)C(=O)N[C@@H](CCN)C(=O)N[C@@H](CCN)C(=O)N[C@@H](N)C(=O)N[C@@H](CC(C)C)C(=O)N[C@@H](N)B1OC2C[C@@H]3C[C@@H](C3(C)C)[C@]2(C)O1)c1ccc(Cl)cc1. The molecule has 5 amide bonds. The zero-order chi connectivity index (χ0) is 43.8. The summed E-state index contributed by atoms with van der Waals surface area (Å²) in [4.78, 5) is 66.8. The lowest BCUT2D eigenvalue weighted by Gasteiger charge is -2.64. The lowest BCUT2D eigenvalue weighted by atomic mass is 9.43. The summed E-state index contributed by atoms with van der Waals surface area (Å²) in [5.41, 5.74) is 25.6. The predicted molar refractivity (Wildman–Crippen MR) is 228 cm³/mol. The van der Waals surface area contributed by atoms with Gasteiger partial charge < -0.3 is 58.8 Å². The van der Waals surface area contributed by atoms with Crippen LogP contribution in [0.15, 0.2) is 54.6 Å². The Morgan fingerprint density at radius 3 is 2.02 bits per heavy atom. The topological polar surface area (TPSA) is 268 Å². The molecule has 324 valence electrons. The third-order valence-electron chi connectivity index (χ3n) is 11.9. The zero-order valence-corrected chi connectivity index (χ0v) is 35.8. The molecule has 16 nitrogen and oxygen atoms in total. The minimum atomic E-state index is -1.61. The van der Waals surface area contributed by atoms with Crippen LogP contribution in [0.4, 0.5) is 0 Å². The van der Waals surface area contributed by atoms with Gasteiger partial charge in [-0.1, -0.05) is 76.2 Å². The van der Waals surface area contributed by atoms with Crippen LogP contribution < -0.4 is 49.5 Å². The number of allylic oxidation sites excluding steroid dienone is 4. The number of rotatable bonds is 20. The van der Waals surface area contributed by atoms with E-state index >= 15 is 0 Å². The summed E-state index contributed by atoms with van der Waals surface area (Å²) in [6, 6.07) is 2.73. The van der Waals surface area contributed by atoms with Crippen LogP contribution in [0.1, 0.15) is 79.2 Å². The van der Waals surface area contributed by atoms with Gasteiger partial charge in [-0.05, 0) is 105 Å². The first-order valence-electron chi connectivity index (χ1n) is 20.3. The van der Waals surface area contributed by atoms with Gasteiger partial charge in [0.1, 0.15) is 24.2 Å². The van der Waals surface area contributed by atoms with E-state index in [2.05, 4.69) is 53.9 Å². The van der Waals surface area contributed by atoms with Gasteiger partial charge in [0, 0.05) is 10.6 Å². The second-order valence-corrected chi connectivity index (χ2v) is 17.4. The minimum Gasteiger partial charge on any atom is -0.403 e. The van der Waals surface area contributed by atoms with Gasteiger partial charge in [-0.15, -0.1) is 0 Å². The van der Waals surface area contributed by atoms with E-state index in [1.165, 1.54) is 0 Å². The van der Waals surface area contributed by atoms with Crippen molar-refractivity contribution in [3.63, 3.8) is 0 Å². The minimum absolute atomic E-state index is 0.00857. The summed E-state index contributed by atoms with van der Waals surface area (Å²) in [6.45, 7) is 15.8. The van der Waals surface area contributed by atoms with Crippen molar-refractivity contribution >= 4 is 53.8 Å². The van der Waals surface area contributed by atoms with Gasteiger partial charge in [0.05, 0.1) is 11.7 Å². The molecule has 59 heavy (non-hydrogen) atoms. The van der Waals surface area contributed by atoms with Gasteiger partial charge in [-0.25, -0.2) is 0 Å². The van der Waals surface area contributed by atoms with Gasteiger partial charge in [0.25, 0.3) is 5.91 Å². The second kappa shape index (κ2) is 20.4. The molecule has 5 rings (SSSR count). The number of hydrogen-bond acceptors (Lipinski definition) is 11. The zero-order valence-electron chi connectivity index (χ0n) is 35.0. The Kier molecular flexibility index (Phi) is 16.5. The van der Waals surface area contributed by atoms with E-state index in [9.17, 15) is 24.0 Å². The van der Waals surface area contributed by atoms with E-state index in [1.807, 2.05) is 26.0 Å². The molecule has 3 saturated carbocycles. The van der Waals surface area contributed by atoms with E-state index in [0.29, 0.717) is 22.4 Å². The maximum Gasteiger partial charge on any atom is 0.497 e. The van der Waals surface area contributed by atoms with Gasteiger partial charge in [0.15, 0.2) is 6.17 Å². The fourth-order valence-corrected chi connectivity index (χ4v) is 8.43. The van der Waals surface area contributed by atoms with E-state index in [0.717, 1.165) is 24.0 Å². The normalized spacial score (nSPS) is 24.7. The summed E-state index contributed by atoms with van der Waals surface area (Å²) in [5, 5.41) is 13.6. The molecule has 9 atom stereocenters. The van der Waals surface area contributed by atoms with Gasteiger partial charge in [-0.2, -0.15) is 0 Å². The maximum absolute atomic E-state index is 13.5. The molecule has 0 radical (unpaired) electrons. The Hall–Kier alpha value is -4.10. The van der Waals surface area contributed by atoms with E-state index in [1.54, 1.807) is 37.3 Å². The molecule has 0 spiro atoms. The van der Waals surface area contributed by atoms with Crippen LogP contribution >= 0.6 is 11.6 Å². The molecule has 13 N–H and O–H groups in total. The van der Waals surface area contributed by atoms with Gasteiger partial charge >= 0.3 is 7.12 Å². The van der Waals surface area contributed by atoms with Gasteiger partial charge in [0.2, 0.25) is 23.6 Å². The van der Waals surface area contributed by atoms with Crippen LogP contribution in [-0.2, 0) is 33.3 Å². The lowest BCUT2D eigenvalue weighted by molar-refractivity contribution is -0.199. The Labute approximate surface area is 352 Å². The first kappa shape index (κ1) is 47.6. The first-order valence-corrected chi connectivity index (χ1v) is 20.7. The standard InChI is InChI=1S/C41H63BClN9O7/c1-8-24(25-11-13-27(43)14-12-25)10-9-23(4)34(53)48-28(15-17-44)35(54)49-29(16-18-45)36(55)51-33(46)38(57)50-30(19-22(2)3)37(56)52-39(47)42-58-32-21-26-20-31(40(26,5)6)41(32,7)59-42/h8-14,22,26,28-33,39H,1,15-21,44-47H2,2-7H3,(H,48,53)(H,49,54)(H,50,57)(H,51,55)(H,52,56)/b23-9+,24-10+/t26-,28-,29-,30-,31-,32?,33+,39+,41-/m0/s1. The monoisotopic (exact) mass is 839 g/mol. The largest absolute Gasteiger partial charge is 0.497 e. The molecule has 3 aliphatic carbocycles. The Morgan fingerprint density at radius 1 is 0.864 bits per heavy atom. The van der Waals surface area contributed by atoms with Crippen molar-refractivity contribution in [2.24, 2.45) is 46.1 Å². The molecule has 1 unspecified atom stereocenters. The number of halogens is 1. The maximum atomic E-state index is 13.5. The number of carbonyl (C=O) groups excluding carboxylic acids is 5. The summed E-state index contributed by atoms with van der Waals surface area (Å²) in [5.74, 6) is -2.63. The number of carbonyl (C=O) groups is 5. The lowest BCUT2D eigenvalue weighted by Crippen LogP contribution is -2.65. The van der Waals surface area contributed by atoms with Crippen molar-refractivity contribution in [1.29, 1.82) is 0 Å². The molecular weight excluding hydrogens is 777 g/mol. The number of nitrogens with one attached hydrogen (secondary N) is 5. The number of amides is 5. The van der Waals surface area contributed by atoms with Crippen molar-refractivity contribution < 1.29 is 33.3 Å². The third kappa shape index (κ3) is 11.6. The summed E-state index contributed by atoms with van der Waals surface area (Å²) in [7, 11) is -0.873. The number of benzene rings is 1. The number of hydrogen-bond donors (Lipinski definition) is 9. The molecule has 1 aromatic carbocycles. The van der Waals surface area contributed by atoms with Crippen LogP contribution in [0.25, 0.3) is 5.57 Å². The third-order valence-corrected chi connectivity index (χ3v) is 12.2. The molecule has 1 aliphatic heterocycles. The molecule has 18 heteroatoms. The quantitative estimate of drug-likeness (QED) is 0.0389. The average molecular weight is 840 g/mol. The van der Waals surface area contributed by atoms with E-state index in [4.69, 9.17) is 43.8 Å². The highest BCUT2D eigenvalue weighted by atomic mass is 35.5. The highest BCUT2D eigenvalue weighted by Gasteiger charge is 2.68. The van der Waals surface area contributed by atoms with E-state index in [-0.39, 0.29) is 49.8 Å².